The molecule has 24 heavy (non-hydrogen) atoms. The number of thiazole rings is 1. The van der Waals surface area contributed by atoms with Gasteiger partial charge in [0, 0.05) is 32.3 Å². The van der Waals surface area contributed by atoms with Crippen molar-refractivity contribution < 1.29 is 4.79 Å². The number of halogens is 1. The molecule has 0 fully saturated rings. The van der Waals surface area contributed by atoms with Gasteiger partial charge >= 0.3 is 0 Å². The van der Waals surface area contributed by atoms with Gasteiger partial charge in [-0.05, 0) is 48.9 Å². The van der Waals surface area contributed by atoms with E-state index in [4.69, 9.17) is 11.6 Å². The largest absolute Gasteiger partial charge is 0.322 e. The van der Waals surface area contributed by atoms with Crippen LogP contribution >= 0.6 is 34.7 Å². The molecule has 0 aliphatic rings. The van der Waals surface area contributed by atoms with Crippen LogP contribution in [0.4, 0.5) is 5.69 Å². The van der Waals surface area contributed by atoms with E-state index in [-0.39, 0.29) is 5.91 Å². The van der Waals surface area contributed by atoms with Crippen LogP contribution in [0.1, 0.15) is 21.6 Å². The summed E-state index contributed by atoms with van der Waals surface area (Å²) in [5, 5.41) is 5.59. The summed E-state index contributed by atoms with van der Waals surface area (Å²) in [6.45, 7) is 1.89. The molecule has 1 amide bonds. The van der Waals surface area contributed by atoms with Gasteiger partial charge in [-0.15, -0.1) is 23.1 Å². The van der Waals surface area contributed by atoms with E-state index in [1.165, 1.54) is 0 Å². The molecule has 0 saturated carbocycles. The molecule has 0 atom stereocenters. The van der Waals surface area contributed by atoms with E-state index in [9.17, 15) is 4.79 Å². The van der Waals surface area contributed by atoms with E-state index in [0.29, 0.717) is 10.6 Å². The molecule has 0 unspecified atom stereocenters. The number of hydrogen-bond acceptors (Lipinski definition) is 4. The Bertz CT molecular complexity index is 833. The van der Waals surface area contributed by atoms with Crippen molar-refractivity contribution in [2.45, 2.75) is 17.6 Å². The number of nitrogens with zero attached hydrogens (tertiary/aromatic N) is 1. The zero-order valence-corrected chi connectivity index (χ0v) is 15.3. The molecule has 1 heterocycles. The van der Waals surface area contributed by atoms with Crippen LogP contribution < -0.4 is 5.32 Å². The Labute approximate surface area is 154 Å². The van der Waals surface area contributed by atoms with Gasteiger partial charge < -0.3 is 5.32 Å². The molecule has 0 saturated heterocycles. The Hall–Kier alpha value is -1.82. The standard InChI is InChI=1S/C18H15ClN2OS2/c1-12-16(19)3-2-4-17(12)21-18(22)13-5-7-15(8-6-13)24-10-14-9-23-11-20-14/h2-9,11H,10H2,1H3,(H,21,22). The predicted molar refractivity (Wildman–Crippen MR) is 102 cm³/mol. The molecule has 3 aromatic rings. The molecular formula is C18H15ClN2OS2. The lowest BCUT2D eigenvalue weighted by Crippen LogP contribution is -2.12. The van der Waals surface area contributed by atoms with Gasteiger partial charge in [-0.2, -0.15) is 0 Å². The summed E-state index contributed by atoms with van der Waals surface area (Å²) >= 11 is 9.38. The van der Waals surface area contributed by atoms with Crippen LogP contribution in [0.3, 0.4) is 0 Å². The third kappa shape index (κ3) is 4.17. The number of carbonyl (C=O) groups is 1. The molecule has 122 valence electrons. The van der Waals surface area contributed by atoms with Crippen LogP contribution in [0.25, 0.3) is 0 Å². The van der Waals surface area contributed by atoms with Crippen molar-refractivity contribution in [2.24, 2.45) is 0 Å². The molecule has 0 aliphatic heterocycles. The van der Waals surface area contributed by atoms with Crippen LogP contribution in [0.5, 0.6) is 0 Å². The fraction of sp³-hybridized carbons (Fsp3) is 0.111. The van der Waals surface area contributed by atoms with Crippen LogP contribution in [0, 0.1) is 6.92 Å². The second kappa shape index (κ2) is 7.83. The van der Waals surface area contributed by atoms with E-state index >= 15 is 0 Å². The normalized spacial score (nSPS) is 10.6. The lowest BCUT2D eigenvalue weighted by atomic mass is 10.1. The average molecular weight is 375 g/mol. The van der Waals surface area contributed by atoms with Crippen LogP contribution in [-0.2, 0) is 5.75 Å². The number of benzene rings is 2. The third-order valence-electron chi connectivity index (χ3n) is 3.50. The summed E-state index contributed by atoms with van der Waals surface area (Å²) in [7, 11) is 0. The molecule has 0 bridgehead atoms. The van der Waals surface area contributed by atoms with Crippen molar-refractivity contribution in [3.8, 4) is 0 Å². The third-order valence-corrected chi connectivity index (χ3v) is 5.59. The summed E-state index contributed by atoms with van der Waals surface area (Å²) < 4.78 is 0. The van der Waals surface area contributed by atoms with Gasteiger partial charge in [0.25, 0.3) is 5.91 Å². The average Bonchev–Trinajstić information content (AvgIpc) is 3.11. The van der Waals surface area contributed by atoms with Gasteiger partial charge in [0.15, 0.2) is 0 Å². The Morgan fingerprint density at radius 1 is 1.25 bits per heavy atom. The molecule has 3 rings (SSSR count). The number of hydrogen-bond donors (Lipinski definition) is 1. The van der Waals surface area contributed by atoms with E-state index in [1.807, 2.05) is 54.2 Å². The first-order valence-electron chi connectivity index (χ1n) is 7.30. The second-order valence-corrected chi connectivity index (χ2v) is 7.33. The fourth-order valence-corrected chi connectivity index (χ4v) is 3.75. The SMILES string of the molecule is Cc1c(Cl)cccc1NC(=O)c1ccc(SCc2cscn2)cc1. The fourth-order valence-electron chi connectivity index (χ4n) is 2.11. The summed E-state index contributed by atoms with van der Waals surface area (Å²) in [6.07, 6.45) is 0. The van der Waals surface area contributed by atoms with E-state index in [2.05, 4.69) is 10.3 Å². The van der Waals surface area contributed by atoms with Crippen molar-refractivity contribution in [3.63, 3.8) is 0 Å². The van der Waals surface area contributed by atoms with Crippen molar-refractivity contribution in [1.82, 2.24) is 4.98 Å². The number of aromatic nitrogens is 1. The molecule has 1 aromatic heterocycles. The minimum atomic E-state index is -0.142. The number of nitrogens with one attached hydrogen (secondary N) is 1. The summed E-state index contributed by atoms with van der Waals surface area (Å²) in [4.78, 5) is 17.7. The zero-order valence-electron chi connectivity index (χ0n) is 13.0. The number of amides is 1. The Morgan fingerprint density at radius 2 is 2.04 bits per heavy atom. The van der Waals surface area contributed by atoms with Crippen LogP contribution in [0.2, 0.25) is 5.02 Å². The van der Waals surface area contributed by atoms with Crippen molar-refractivity contribution in [3.05, 3.63) is 75.2 Å². The maximum Gasteiger partial charge on any atom is 0.255 e. The molecule has 6 heteroatoms. The second-order valence-electron chi connectivity index (χ2n) is 5.16. The van der Waals surface area contributed by atoms with Gasteiger partial charge in [-0.25, -0.2) is 4.98 Å². The van der Waals surface area contributed by atoms with Crippen molar-refractivity contribution in [1.29, 1.82) is 0 Å². The smallest absolute Gasteiger partial charge is 0.255 e. The zero-order chi connectivity index (χ0) is 16.9. The number of thioether (sulfide) groups is 1. The van der Waals surface area contributed by atoms with Crippen LogP contribution in [-0.4, -0.2) is 10.9 Å². The summed E-state index contributed by atoms with van der Waals surface area (Å²) in [6, 6.07) is 13.0. The maximum absolute atomic E-state index is 12.4. The Morgan fingerprint density at radius 3 is 2.75 bits per heavy atom. The lowest BCUT2D eigenvalue weighted by Gasteiger charge is -2.10. The highest BCUT2D eigenvalue weighted by molar-refractivity contribution is 7.98. The van der Waals surface area contributed by atoms with Crippen molar-refractivity contribution >= 4 is 46.3 Å². The molecule has 0 aliphatic carbocycles. The maximum atomic E-state index is 12.4. The molecule has 2 aromatic carbocycles. The van der Waals surface area contributed by atoms with Gasteiger partial charge in [0.2, 0.25) is 0 Å². The molecule has 0 radical (unpaired) electrons. The highest BCUT2D eigenvalue weighted by atomic mass is 35.5. The topological polar surface area (TPSA) is 42.0 Å². The Kier molecular flexibility index (Phi) is 5.56. The first kappa shape index (κ1) is 17.0. The quantitative estimate of drug-likeness (QED) is 0.587. The monoisotopic (exact) mass is 374 g/mol. The summed E-state index contributed by atoms with van der Waals surface area (Å²) in [5.74, 6) is 0.688. The van der Waals surface area contributed by atoms with E-state index < -0.39 is 0 Å². The molecule has 1 N–H and O–H groups in total. The minimum absolute atomic E-state index is 0.142. The van der Waals surface area contributed by atoms with Gasteiger partial charge in [0.1, 0.15) is 0 Å². The van der Waals surface area contributed by atoms with E-state index in [0.717, 1.165) is 27.6 Å². The van der Waals surface area contributed by atoms with Crippen molar-refractivity contribution in [2.75, 3.05) is 5.32 Å². The Balaban J connectivity index is 1.64. The lowest BCUT2D eigenvalue weighted by molar-refractivity contribution is 0.102. The number of carbonyl (C=O) groups excluding carboxylic acids is 1. The molecular weight excluding hydrogens is 360 g/mol. The molecule has 0 spiro atoms. The van der Waals surface area contributed by atoms with Crippen LogP contribution in [0.15, 0.2) is 58.3 Å². The predicted octanol–water partition coefficient (Wildman–Crippen LogP) is 5.65. The molecule has 3 nitrogen and oxygen atoms in total. The minimum Gasteiger partial charge on any atom is -0.322 e. The first-order chi connectivity index (χ1) is 11.6. The highest BCUT2D eigenvalue weighted by Crippen LogP contribution is 2.25. The van der Waals surface area contributed by atoms with E-state index in [1.54, 1.807) is 29.2 Å². The first-order valence-corrected chi connectivity index (χ1v) is 9.60. The summed E-state index contributed by atoms with van der Waals surface area (Å²) in [5.41, 5.74) is 5.12. The number of anilines is 1. The van der Waals surface area contributed by atoms with Gasteiger partial charge in [-0.3, -0.25) is 4.79 Å². The van der Waals surface area contributed by atoms with Gasteiger partial charge in [-0.1, -0.05) is 17.7 Å². The van der Waals surface area contributed by atoms with Gasteiger partial charge in [0.05, 0.1) is 11.2 Å². The highest BCUT2D eigenvalue weighted by Gasteiger charge is 2.09. The number of rotatable bonds is 5.